The second-order valence-electron chi connectivity index (χ2n) is 5.18. The lowest BCUT2D eigenvalue weighted by atomic mass is 10.1. The molecule has 1 aromatic carbocycles. The molecule has 7 heteroatoms. The van der Waals surface area contributed by atoms with E-state index in [0.29, 0.717) is 11.5 Å². The van der Waals surface area contributed by atoms with E-state index in [1.807, 2.05) is 0 Å². The van der Waals surface area contributed by atoms with Crippen molar-refractivity contribution in [1.29, 1.82) is 0 Å². The fourth-order valence-corrected chi connectivity index (χ4v) is 2.10. The molecule has 0 saturated carbocycles. The second kappa shape index (κ2) is 6.28. The number of alkyl halides is 3. The fraction of sp³-hybridized carbons (Fsp3) is 0.250. The van der Waals surface area contributed by atoms with Crippen LogP contribution in [0.3, 0.4) is 0 Å². The zero-order chi connectivity index (χ0) is 17.2. The van der Waals surface area contributed by atoms with E-state index in [2.05, 4.69) is 4.98 Å². The summed E-state index contributed by atoms with van der Waals surface area (Å²) in [6.07, 6.45) is -2.82. The number of aromatic nitrogens is 1. The number of benzene rings is 1. The predicted molar refractivity (Wildman–Crippen MR) is 82.7 cm³/mol. The first-order chi connectivity index (χ1) is 10.7. The van der Waals surface area contributed by atoms with Crippen LogP contribution in [0.1, 0.15) is 15.9 Å². The molecule has 0 unspecified atom stereocenters. The number of halogens is 3. The van der Waals surface area contributed by atoms with Gasteiger partial charge in [0.25, 0.3) is 5.91 Å². The Bertz CT molecular complexity index is 696. The van der Waals surface area contributed by atoms with E-state index >= 15 is 0 Å². The summed E-state index contributed by atoms with van der Waals surface area (Å²) in [5, 5.41) is 0. The lowest BCUT2D eigenvalue weighted by molar-refractivity contribution is -0.137. The van der Waals surface area contributed by atoms with Crippen molar-refractivity contribution in [2.24, 2.45) is 0 Å². The van der Waals surface area contributed by atoms with Crippen molar-refractivity contribution in [3.8, 4) is 0 Å². The molecule has 2 aromatic rings. The Morgan fingerprint density at radius 2 is 1.65 bits per heavy atom. The molecule has 0 spiro atoms. The largest absolute Gasteiger partial charge is 0.416 e. The molecule has 122 valence electrons. The maximum atomic E-state index is 12.6. The van der Waals surface area contributed by atoms with Gasteiger partial charge in [-0.3, -0.25) is 4.79 Å². The van der Waals surface area contributed by atoms with Crippen molar-refractivity contribution in [2.45, 2.75) is 6.18 Å². The molecule has 23 heavy (non-hydrogen) atoms. The van der Waals surface area contributed by atoms with E-state index in [4.69, 9.17) is 0 Å². The lowest BCUT2D eigenvalue weighted by Crippen LogP contribution is -2.28. The zero-order valence-electron chi connectivity index (χ0n) is 12.9. The highest BCUT2D eigenvalue weighted by molar-refractivity contribution is 6.07. The third-order valence-electron chi connectivity index (χ3n) is 3.31. The molecule has 0 saturated heterocycles. The second-order valence-corrected chi connectivity index (χ2v) is 5.18. The molecular weight excluding hydrogens is 307 g/mol. The van der Waals surface area contributed by atoms with Crippen LogP contribution in [-0.4, -0.2) is 32.0 Å². The molecule has 1 heterocycles. The third-order valence-corrected chi connectivity index (χ3v) is 3.31. The smallest absolute Gasteiger partial charge is 0.361 e. The molecule has 0 radical (unpaired) electrons. The fourth-order valence-electron chi connectivity index (χ4n) is 2.10. The zero-order valence-corrected chi connectivity index (χ0v) is 12.9. The average Bonchev–Trinajstić information content (AvgIpc) is 2.52. The highest BCUT2D eigenvalue weighted by Gasteiger charge is 2.30. The van der Waals surface area contributed by atoms with Crippen molar-refractivity contribution in [3.05, 3.63) is 53.7 Å². The molecule has 2 rings (SSSR count). The summed E-state index contributed by atoms with van der Waals surface area (Å²) >= 11 is 0. The molecule has 0 aliphatic carbocycles. The van der Waals surface area contributed by atoms with Crippen LogP contribution in [0.5, 0.6) is 0 Å². The topological polar surface area (TPSA) is 36.4 Å². The molecule has 1 aromatic heterocycles. The van der Waals surface area contributed by atoms with Gasteiger partial charge in [0.05, 0.1) is 11.3 Å². The maximum absolute atomic E-state index is 12.6. The van der Waals surface area contributed by atoms with Gasteiger partial charge in [-0.15, -0.1) is 0 Å². The molecule has 4 nitrogen and oxygen atoms in total. The van der Waals surface area contributed by atoms with Gasteiger partial charge in [-0.25, -0.2) is 4.98 Å². The van der Waals surface area contributed by atoms with Gasteiger partial charge < -0.3 is 9.80 Å². The summed E-state index contributed by atoms with van der Waals surface area (Å²) in [4.78, 5) is 19.8. The lowest BCUT2D eigenvalue weighted by Gasteiger charge is -2.23. The minimum absolute atomic E-state index is 0.175. The van der Waals surface area contributed by atoms with E-state index < -0.39 is 17.6 Å². The van der Waals surface area contributed by atoms with Gasteiger partial charge in [0, 0.05) is 32.9 Å². The number of amides is 1. The van der Waals surface area contributed by atoms with Crippen molar-refractivity contribution >= 4 is 17.4 Å². The first kappa shape index (κ1) is 16.8. The van der Waals surface area contributed by atoms with Crippen LogP contribution in [-0.2, 0) is 6.18 Å². The Hall–Kier alpha value is -2.57. The Labute approximate surface area is 132 Å². The number of pyridine rings is 1. The van der Waals surface area contributed by atoms with Gasteiger partial charge in [0.15, 0.2) is 5.82 Å². The van der Waals surface area contributed by atoms with E-state index in [0.717, 1.165) is 12.1 Å². The highest BCUT2D eigenvalue weighted by atomic mass is 19.4. The molecule has 1 amide bonds. The van der Waals surface area contributed by atoms with Gasteiger partial charge >= 0.3 is 6.18 Å². The molecule has 0 bridgehead atoms. The van der Waals surface area contributed by atoms with Crippen LogP contribution in [0, 0.1) is 0 Å². The van der Waals surface area contributed by atoms with Crippen LogP contribution in [0.25, 0.3) is 0 Å². The van der Waals surface area contributed by atoms with Crippen LogP contribution >= 0.6 is 0 Å². The summed E-state index contributed by atoms with van der Waals surface area (Å²) in [6, 6.07) is 7.57. The molecular formula is C16H16F3N3O. The van der Waals surface area contributed by atoms with E-state index in [-0.39, 0.29) is 5.56 Å². The van der Waals surface area contributed by atoms with Gasteiger partial charge in [-0.1, -0.05) is 0 Å². The first-order valence-corrected chi connectivity index (χ1v) is 6.79. The number of rotatable bonds is 3. The van der Waals surface area contributed by atoms with Crippen molar-refractivity contribution in [2.75, 3.05) is 30.9 Å². The van der Waals surface area contributed by atoms with Gasteiger partial charge in [0.1, 0.15) is 0 Å². The number of carbonyl (C=O) groups excluding carboxylic acids is 1. The maximum Gasteiger partial charge on any atom is 0.416 e. The molecule has 0 N–H and O–H groups in total. The Morgan fingerprint density at radius 3 is 2.17 bits per heavy atom. The van der Waals surface area contributed by atoms with Crippen LogP contribution < -0.4 is 9.80 Å². The Kier molecular flexibility index (Phi) is 4.58. The predicted octanol–water partition coefficient (Wildman–Crippen LogP) is 3.44. The quantitative estimate of drug-likeness (QED) is 0.868. The number of hydrogen-bond donors (Lipinski definition) is 0. The van der Waals surface area contributed by atoms with Gasteiger partial charge in [0.2, 0.25) is 0 Å². The van der Waals surface area contributed by atoms with E-state index in [1.165, 1.54) is 17.0 Å². The standard InChI is InChI=1S/C16H16F3N3O/c1-21(2)14-13(5-4-10-20-14)22(3)15(23)11-6-8-12(9-7-11)16(17,18)19/h4-10H,1-3H3. The summed E-state index contributed by atoms with van der Waals surface area (Å²) in [5.74, 6) is 0.185. The molecule has 0 fully saturated rings. The van der Waals surface area contributed by atoms with Gasteiger partial charge in [-0.05, 0) is 36.4 Å². The van der Waals surface area contributed by atoms with Crippen molar-refractivity contribution in [3.63, 3.8) is 0 Å². The van der Waals surface area contributed by atoms with E-state index in [9.17, 15) is 18.0 Å². The molecule has 0 atom stereocenters. The van der Waals surface area contributed by atoms with E-state index in [1.54, 1.807) is 44.4 Å². The third kappa shape index (κ3) is 3.61. The van der Waals surface area contributed by atoms with Crippen LogP contribution in [0.2, 0.25) is 0 Å². The summed E-state index contributed by atoms with van der Waals surface area (Å²) in [7, 11) is 5.15. The number of carbonyl (C=O) groups is 1. The highest BCUT2D eigenvalue weighted by Crippen LogP contribution is 2.30. The number of nitrogens with zero attached hydrogens (tertiary/aromatic N) is 3. The summed E-state index contributed by atoms with van der Waals surface area (Å²) in [5.41, 5.74) is -0.0384. The SMILES string of the molecule is CN(C)c1ncccc1N(C)C(=O)c1ccc(C(F)(F)F)cc1. The monoisotopic (exact) mass is 323 g/mol. The number of anilines is 2. The minimum Gasteiger partial charge on any atom is -0.361 e. The van der Waals surface area contributed by atoms with Crippen molar-refractivity contribution in [1.82, 2.24) is 4.98 Å². The normalized spacial score (nSPS) is 11.2. The Morgan fingerprint density at radius 1 is 1.04 bits per heavy atom. The summed E-state index contributed by atoms with van der Waals surface area (Å²) in [6.45, 7) is 0. The summed E-state index contributed by atoms with van der Waals surface area (Å²) < 4.78 is 37.7. The van der Waals surface area contributed by atoms with Crippen LogP contribution in [0.15, 0.2) is 42.6 Å². The first-order valence-electron chi connectivity index (χ1n) is 6.79. The number of hydrogen-bond acceptors (Lipinski definition) is 3. The molecule has 0 aliphatic rings. The average molecular weight is 323 g/mol. The van der Waals surface area contributed by atoms with Crippen LogP contribution in [0.4, 0.5) is 24.7 Å². The van der Waals surface area contributed by atoms with Crippen molar-refractivity contribution < 1.29 is 18.0 Å². The van der Waals surface area contributed by atoms with Gasteiger partial charge in [-0.2, -0.15) is 13.2 Å². The molecule has 0 aliphatic heterocycles. The Balaban J connectivity index is 2.30. The minimum atomic E-state index is -4.42.